The summed E-state index contributed by atoms with van der Waals surface area (Å²) in [6.45, 7) is -0.669. The topological polar surface area (TPSA) is 104 Å². The molecule has 8 nitrogen and oxygen atoms in total. The molecule has 0 spiro atoms. The van der Waals surface area contributed by atoms with E-state index >= 15 is 8.78 Å². The quantitative estimate of drug-likeness (QED) is 0.0899. The molecule has 0 radical (unpaired) electrons. The SMILES string of the molecule is O=C1C2CC=C3C(CC4(Cl)C(=O)N(c5c(F)c(F)c(F)c(F)c5F)C(=O)C4(Cl)C3c3ccccc3OCCO)C2C(=O)N1c1ccccc1. The van der Waals surface area contributed by atoms with Gasteiger partial charge in [0.2, 0.25) is 17.6 Å². The van der Waals surface area contributed by atoms with Gasteiger partial charge in [0.25, 0.3) is 11.8 Å². The van der Waals surface area contributed by atoms with E-state index in [1.807, 2.05) is 0 Å². The van der Waals surface area contributed by atoms with Crippen LogP contribution in [0.4, 0.5) is 33.3 Å². The number of allylic oxidation sites excluding steroid dienone is 2. The molecule has 4 aliphatic rings. The lowest BCUT2D eigenvalue weighted by Gasteiger charge is -2.50. The molecule has 0 bridgehead atoms. The lowest BCUT2D eigenvalue weighted by atomic mass is 9.56. The van der Waals surface area contributed by atoms with E-state index < -0.39 is 105 Å². The molecule has 2 aliphatic carbocycles. The van der Waals surface area contributed by atoms with Gasteiger partial charge in [0.15, 0.2) is 33.0 Å². The first kappa shape index (κ1) is 33.2. The molecule has 6 unspecified atom stereocenters. The number of imide groups is 2. The zero-order valence-electron chi connectivity index (χ0n) is 24.9. The first-order chi connectivity index (χ1) is 23.3. The molecule has 3 aromatic carbocycles. The minimum Gasteiger partial charge on any atom is -0.491 e. The minimum atomic E-state index is -2.69. The second-order valence-electron chi connectivity index (χ2n) is 12.2. The van der Waals surface area contributed by atoms with E-state index in [4.69, 9.17) is 27.9 Å². The van der Waals surface area contributed by atoms with Gasteiger partial charge < -0.3 is 9.84 Å². The van der Waals surface area contributed by atoms with Crippen LogP contribution >= 0.6 is 23.2 Å². The van der Waals surface area contributed by atoms with Gasteiger partial charge in [-0.1, -0.05) is 48.0 Å². The Bertz CT molecular complexity index is 1970. The maximum atomic E-state index is 15.2. The number of halogens is 7. The molecule has 254 valence electrons. The number of fused-ring (bicyclic) bond motifs is 4. The highest BCUT2D eigenvalue weighted by molar-refractivity contribution is 6.58. The zero-order valence-corrected chi connectivity index (χ0v) is 26.5. The molecule has 4 amide bonds. The van der Waals surface area contributed by atoms with Gasteiger partial charge in [-0.3, -0.25) is 24.1 Å². The van der Waals surface area contributed by atoms with E-state index in [-0.39, 0.29) is 34.8 Å². The largest absolute Gasteiger partial charge is 0.491 e. The number of rotatable bonds is 6. The van der Waals surface area contributed by atoms with Crippen LogP contribution in [-0.2, 0) is 19.2 Å². The summed E-state index contributed by atoms with van der Waals surface area (Å²) < 4.78 is 79.1. The number of ether oxygens (including phenoxy) is 1. The van der Waals surface area contributed by atoms with Crippen LogP contribution in [0.25, 0.3) is 0 Å². The Morgan fingerprint density at radius 1 is 0.776 bits per heavy atom. The Labute approximate surface area is 284 Å². The predicted octanol–water partition coefficient (Wildman–Crippen LogP) is 5.52. The number of carbonyl (C=O) groups is 4. The monoisotopic (exact) mass is 720 g/mol. The average Bonchev–Trinajstić information content (AvgIpc) is 3.44. The number of amides is 4. The third-order valence-electron chi connectivity index (χ3n) is 9.81. The van der Waals surface area contributed by atoms with Crippen molar-refractivity contribution >= 4 is 58.2 Å². The van der Waals surface area contributed by atoms with Crippen molar-refractivity contribution in [2.24, 2.45) is 17.8 Å². The van der Waals surface area contributed by atoms with E-state index in [1.54, 1.807) is 42.5 Å². The number of nitrogens with zero attached hydrogens (tertiary/aromatic N) is 2. The van der Waals surface area contributed by atoms with Gasteiger partial charge in [-0.2, -0.15) is 0 Å². The average molecular weight is 721 g/mol. The molecule has 2 aliphatic heterocycles. The van der Waals surface area contributed by atoms with Crippen molar-refractivity contribution in [2.75, 3.05) is 23.0 Å². The summed E-state index contributed by atoms with van der Waals surface area (Å²) in [5.41, 5.74) is -1.17. The summed E-state index contributed by atoms with van der Waals surface area (Å²) in [6.07, 6.45) is 0.962. The lowest BCUT2D eigenvalue weighted by Crippen LogP contribution is -2.60. The fourth-order valence-electron chi connectivity index (χ4n) is 7.75. The van der Waals surface area contributed by atoms with Crippen LogP contribution in [0.5, 0.6) is 5.75 Å². The first-order valence-corrected chi connectivity index (χ1v) is 15.8. The second-order valence-corrected chi connectivity index (χ2v) is 13.4. The molecule has 1 saturated carbocycles. The maximum Gasteiger partial charge on any atom is 0.258 e. The lowest BCUT2D eigenvalue weighted by molar-refractivity contribution is -0.125. The van der Waals surface area contributed by atoms with Crippen molar-refractivity contribution < 1.29 is 51.0 Å². The van der Waals surface area contributed by atoms with Crippen LogP contribution < -0.4 is 14.5 Å². The van der Waals surface area contributed by atoms with Gasteiger partial charge in [0.05, 0.1) is 24.1 Å². The highest BCUT2D eigenvalue weighted by Crippen LogP contribution is 2.66. The number of benzene rings is 3. The molecular weight excluding hydrogens is 698 g/mol. The van der Waals surface area contributed by atoms with Gasteiger partial charge in [-0.05, 0) is 37.0 Å². The van der Waals surface area contributed by atoms with Crippen molar-refractivity contribution in [1.29, 1.82) is 0 Å². The molecule has 3 fully saturated rings. The van der Waals surface area contributed by atoms with Crippen LogP contribution in [0.3, 0.4) is 0 Å². The Hall–Kier alpha value is -4.33. The van der Waals surface area contributed by atoms with Crippen LogP contribution in [0.1, 0.15) is 24.3 Å². The maximum absolute atomic E-state index is 15.2. The van der Waals surface area contributed by atoms with Crippen molar-refractivity contribution in [3.63, 3.8) is 0 Å². The van der Waals surface area contributed by atoms with Crippen molar-refractivity contribution in [3.05, 3.63) is 101 Å². The summed E-state index contributed by atoms with van der Waals surface area (Å²) in [5.74, 6) is -21.2. The fourth-order valence-corrected chi connectivity index (χ4v) is 8.68. The molecule has 49 heavy (non-hydrogen) atoms. The van der Waals surface area contributed by atoms with E-state index in [1.165, 1.54) is 18.2 Å². The van der Waals surface area contributed by atoms with Crippen LogP contribution in [-0.4, -0.2) is 51.7 Å². The second kappa shape index (κ2) is 11.6. The molecule has 1 N–H and O–H groups in total. The van der Waals surface area contributed by atoms with Gasteiger partial charge in [0.1, 0.15) is 18.0 Å². The number of hydrogen-bond acceptors (Lipinski definition) is 6. The zero-order chi connectivity index (χ0) is 35.2. The van der Waals surface area contributed by atoms with Gasteiger partial charge in [0, 0.05) is 11.5 Å². The molecule has 15 heteroatoms. The summed E-state index contributed by atoms with van der Waals surface area (Å²) in [5, 5.41) is 9.47. The predicted molar refractivity (Wildman–Crippen MR) is 164 cm³/mol. The molecule has 0 aromatic heterocycles. The molecule has 2 heterocycles. The van der Waals surface area contributed by atoms with Crippen molar-refractivity contribution in [3.8, 4) is 5.75 Å². The van der Waals surface area contributed by atoms with E-state index in [0.29, 0.717) is 5.69 Å². The molecule has 7 rings (SSSR count). The van der Waals surface area contributed by atoms with E-state index in [2.05, 4.69) is 0 Å². The van der Waals surface area contributed by atoms with Crippen LogP contribution in [0, 0.1) is 46.8 Å². The van der Waals surface area contributed by atoms with Crippen LogP contribution in [0.2, 0.25) is 0 Å². The number of aliphatic hydroxyl groups is 1. The number of alkyl halides is 2. The van der Waals surface area contributed by atoms with E-state index in [9.17, 15) is 37.5 Å². The Morgan fingerprint density at radius 2 is 1.39 bits per heavy atom. The Balaban J connectivity index is 1.45. The smallest absolute Gasteiger partial charge is 0.258 e. The third kappa shape index (κ3) is 4.37. The molecule has 3 aromatic rings. The number of aliphatic hydroxyl groups excluding tert-OH is 1. The number of carbonyl (C=O) groups excluding carboxylic acids is 4. The number of para-hydroxylation sites is 2. The number of hydrogen-bond donors (Lipinski definition) is 1. The summed E-state index contributed by atoms with van der Waals surface area (Å²) >= 11 is 14.3. The third-order valence-corrected chi connectivity index (χ3v) is 11.2. The standard InChI is InChI=1S/C34H23Cl2F5N2O6/c35-33-14-19-16(10-11-18-21(19)30(46)42(29(18)45)15-6-2-1-3-7-15)22(17-8-4-5-9-20(17)49-13-12-44)34(33,36)32(48)43(31(33)47)28-26(40)24(38)23(37)25(39)27(28)41/h1-10,18-19,21-22,44H,11-14H2. The van der Waals surface area contributed by atoms with Crippen molar-refractivity contribution in [1.82, 2.24) is 0 Å². The van der Waals surface area contributed by atoms with Gasteiger partial charge in [-0.25, -0.2) is 26.9 Å². The van der Waals surface area contributed by atoms with Crippen LogP contribution in [0.15, 0.2) is 66.2 Å². The summed E-state index contributed by atoms with van der Waals surface area (Å²) in [7, 11) is 0. The summed E-state index contributed by atoms with van der Waals surface area (Å²) in [4.78, 5) is 52.0. The highest BCUT2D eigenvalue weighted by atomic mass is 35.5. The fraction of sp³-hybridized carbons (Fsp3) is 0.294. The Kier molecular flexibility index (Phi) is 7.88. The van der Waals surface area contributed by atoms with Gasteiger partial charge in [-0.15, -0.1) is 23.2 Å². The first-order valence-electron chi connectivity index (χ1n) is 15.0. The normalized spacial score (nSPS) is 29.2. The van der Waals surface area contributed by atoms with E-state index in [0.717, 1.165) is 4.90 Å². The molecule has 6 atom stereocenters. The summed E-state index contributed by atoms with van der Waals surface area (Å²) in [6, 6.07) is 14.1. The molecule has 2 saturated heterocycles. The van der Waals surface area contributed by atoms with Gasteiger partial charge >= 0.3 is 0 Å². The number of anilines is 2. The minimum absolute atomic E-state index is 0.00762. The van der Waals surface area contributed by atoms with Crippen molar-refractivity contribution in [2.45, 2.75) is 28.5 Å². The highest BCUT2D eigenvalue weighted by Gasteiger charge is 2.77. The Morgan fingerprint density at radius 3 is 2.04 bits per heavy atom. The molecular formula is C34H23Cl2F5N2O6.